The summed E-state index contributed by atoms with van der Waals surface area (Å²) >= 11 is 0. The summed E-state index contributed by atoms with van der Waals surface area (Å²) < 4.78 is 2.55. The van der Waals surface area contributed by atoms with Gasteiger partial charge in [-0.3, -0.25) is 0 Å². The zero-order chi connectivity index (χ0) is 77.1. The van der Waals surface area contributed by atoms with E-state index >= 15 is 0 Å². The summed E-state index contributed by atoms with van der Waals surface area (Å²) in [5.41, 5.74) is 23.8. The van der Waals surface area contributed by atoms with Crippen molar-refractivity contribution < 1.29 is 0 Å². The molecule has 6 heteroatoms. The molecule has 0 radical (unpaired) electrons. The first-order valence-corrected chi connectivity index (χ1v) is 44.0. The Kier molecular flexibility index (Phi) is 17.7. The number of nitrogens with zero attached hydrogens (tertiary/aromatic N) is 3. The molecular weight excluding hydrogens is 1380 g/mol. The molecule has 0 bridgehead atoms. The fourth-order valence-corrected chi connectivity index (χ4v) is 27.9. The first kappa shape index (κ1) is 71.8. The third kappa shape index (κ3) is 12.2. The van der Waals surface area contributed by atoms with Crippen molar-refractivity contribution in [3.8, 4) is 27.9 Å². The maximum Gasteiger partial charge on any atom is 0.252 e. The second kappa shape index (κ2) is 27.6. The Balaban J connectivity index is 0.973. The summed E-state index contributed by atoms with van der Waals surface area (Å²) in [5, 5.41) is 13.1. The van der Waals surface area contributed by atoms with E-state index in [2.05, 4.69) is 461 Å². The molecule has 0 atom stereocenters. The maximum absolute atomic E-state index is 3.15. The lowest BCUT2D eigenvalue weighted by atomic mass is 9.33. The monoisotopic (exact) mass is 1480 g/mol. The van der Waals surface area contributed by atoms with E-state index in [-0.39, 0.29) is 28.4 Å². The smallest absolute Gasteiger partial charge is 0.252 e. The van der Waals surface area contributed by atoms with Gasteiger partial charge in [-0.2, -0.15) is 0 Å². The molecule has 0 N–H and O–H groups in total. The lowest BCUT2D eigenvalue weighted by Crippen LogP contribution is -2.75. The van der Waals surface area contributed by atoms with E-state index in [1.807, 2.05) is 0 Å². The molecule has 15 aromatic carbocycles. The molecule has 3 nitrogen and oxygen atoms in total. The highest BCUT2D eigenvalue weighted by Crippen LogP contribution is 2.48. The molecule has 0 spiro atoms. The first-order chi connectivity index (χ1) is 54.1. The number of aromatic nitrogens is 1. The minimum atomic E-state index is -3.15. The van der Waals surface area contributed by atoms with Crippen LogP contribution in [0.2, 0.25) is 0 Å². The molecule has 0 amide bonds. The fraction of sp³-hybridized carbons (Fsp3) is 0.151. The predicted octanol–water partition coefficient (Wildman–Crippen LogP) is 20.1. The van der Waals surface area contributed by atoms with Gasteiger partial charge in [-0.25, -0.2) is 0 Å². The van der Waals surface area contributed by atoms with Crippen LogP contribution in [-0.2, 0) is 21.7 Å². The minimum absolute atomic E-state index is 0.0483. The van der Waals surface area contributed by atoms with E-state index in [1.165, 1.54) is 113 Å². The number of fused-ring (bicyclic) bond motifs is 7. The van der Waals surface area contributed by atoms with Gasteiger partial charge in [-0.05, 0) is 185 Å². The lowest BCUT2D eigenvalue weighted by Gasteiger charge is -2.45. The van der Waals surface area contributed by atoms with Gasteiger partial charge >= 0.3 is 0 Å². The van der Waals surface area contributed by atoms with Crippen LogP contribution in [0.4, 0.5) is 34.1 Å². The second-order valence-corrected chi connectivity index (χ2v) is 42.9. The van der Waals surface area contributed by atoms with E-state index in [9.17, 15) is 0 Å². The quantitative estimate of drug-likeness (QED) is 0.0842. The molecule has 1 aromatic heterocycles. The average molecular weight is 1480 g/mol. The summed E-state index contributed by atoms with van der Waals surface area (Å²) in [4.78, 5) is 5.32. The Morgan fingerprint density at radius 3 is 0.938 bits per heavy atom. The van der Waals surface area contributed by atoms with Gasteiger partial charge in [0.2, 0.25) is 0 Å². The predicted molar refractivity (Wildman–Crippen MR) is 488 cm³/mol. The van der Waals surface area contributed by atoms with Gasteiger partial charge in [0.1, 0.15) is 0 Å². The molecule has 0 fully saturated rings. The summed E-state index contributed by atoms with van der Waals surface area (Å²) in [6.07, 6.45) is 0. The normalized spacial score (nSPS) is 13.1. The van der Waals surface area contributed by atoms with Crippen LogP contribution in [-0.4, -0.2) is 27.4 Å². The van der Waals surface area contributed by atoms with Crippen LogP contribution in [0.3, 0.4) is 0 Å². The van der Waals surface area contributed by atoms with Gasteiger partial charge in [0, 0.05) is 44.9 Å². The van der Waals surface area contributed by atoms with Crippen molar-refractivity contribution >= 4 is 137 Å². The Morgan fingerprint density at radius 1 is 0.223 bits per heavy atom. The summed E-state index contributed by atoms with van der Waals surface area (Å²) in [7, 11) is -6.13. The van der Waals surface area contributed by atoms with E-state index in [0.717, 1.165) is 50.8 Å². The molecule has 0 saturated heterocycles. The van der Waals surface area contributed by atoms with E-state index in [4.69, 9.17) is 0 Å². The molecule has 16 aromatic rings. The zero-order valence-electron chi connectivity index (χ0n) is 66.6. The van der Waals surface area contributed by atoms with E-state index < -0.39 is 16.1 Å². The van der Waals surface area contributed by atoms with Crippen LogP contribution in [0.15, 0.2) is 364 Å². The molecule has 546 valence electrons. The molecule has 0 aliphatic carbocycles. The molecule has 2 aliphatic rings. The highest BCUT2D eigenvalue weighted by Gasteiger charge is 2.48. The highest BCUT2D eigenvalue weighted by molar-refractivity contribution is 7.20. The topological polar surface area (TPSA) is 11.4 Å². The summed E-state index contributed by atoms with van der Waals surface area (Å²) in [6.45, 7) is 27.9. The zero-order valence-corrected chi connectivity index (χ0v) is 68.6. The third-order valence-corrected chi connectivity index (χ3v) is 33.8. The van der Waals surface area contributed by atoms with Crippen LogP contribution >= 0.6 is 0 Å². The number of hydrogen-bond acceptors (Lipinski definition) is 2. The van der Waals surface area contributed by atoms with Crippen molar-refractivity contribution in [1.29, 1.82) is 0 Å². The van der Waals surface area contributed by atoms with Crippen molar-refractivity contribution in [1.82, 2.24) is 4.57 Å². The van der Waals surface area contributed by atoms with Crippen LogP contribution < -0.4 is 67.7 Å². The summed E-state index contributed by atoms with van der Waals surface area (Å²) in [5.74, 6) is 0. The van der Waals surface area contributed by atoms with Crippen LogP contribution in [0.25, 0.3) is 49.7 Å². The van der Waals surface area contributed by atoms with Crippen molar-refractivity contribution in [2.75, 3.05) is 9.80 Å². The molecule has 2 aliphatic heterocycles. The Morgan fingerprint density at radius 2 is 0.545 bits per heavy atom. The lowest BCUT2D eigenvalue weighted by molar-refractivity contribution is 0.568. The van der Waals surface area contributed by atoms with Crippen molar-refractivity contribution in [3.05, 3.63) is 386 Å². The van der Waals surface area contributed by atoms with Gasteiger partial charge in [-0.15, -0.1) is 0 Å². The van der Waals surface area contributed by atoms with Gasteiger partial charge in [0.15, 0.2) is 16.1 Å². The number of para-hydroxylation sites is 2. The van der Waals surface area contributed by atoms with Gasteiger partial charge in [0.05, 0.1) is 16.7 Å². The Labute approximate surface area is 665 Å². The SMILES string of the molecule is CC(C)(C)c1cc(-c2ccc(N3c4ccc([Si](c5ccccc5)(c5ccccc5)c5ccccc5)cc4B4c5ccc(-c6cc(C(C)(C)C)cc(C(C)(C)C)c6)cc5N(c5ccc([Si](c6ccccc6)(c6ccccc6)c6ccccc6)cc5)c5cc(-n6c7ccccc7c7ccccc76)cc3c54)cc2)cc(C(C)(C)C)c1. The van der Waals surface area contributed by atoms with Crippen LogP contribution in [0.5, 0.6) is 0 Å². The highest BCUT2D eigenvalue weighted by atomic mass is 28.3. The van der Waals surface area contributed by atoms with Crippen LogP contribution in [0.1, 0.15) is 105 Å². The number of benzene rings is 15. The number of anilines is 6. The second-order valence-electron chi connectivity index (χ2n) is 35.3. The minimum Gasteiger partial charge on any atom is -0.311 e. The molecule has 0 saturated carbocycles. The first-order valence-electron chi connectivity index (χ1n) is 40.0. The summed E-state index contributed by atoms with van der Waals surface area (Å²) in [6, 6.07) is 141. The molecular formula is C106H96BN3Si2. The standard InChI is InChI=1S/C106H96BN3Si2/c1-103(2,3)77-63-75(64-78(68-77)104(4,5)6)73-51-54-81(55-52-73)108-98-62-60-91(112(87-41-25-16-26-42-87,88-43-27-17-28-44-88)89-45-29-18-30-46-89)72-95(98)107-94-61-53-74(76-65-79(105(7,8)9)69-80(66-76)106(10,11)12)67-99(94)109(101-71-83(70-100(108)102(101)107)110-96-49-33-31-47-92(96)93-48-32-34-50-97(93)110)82-56-58-90(59-57-82)111(84-35-19-13-20-36-84,85-37-21-14-22-38-85)86-39-23-15-24-40-86/h13-72H,1-12H3. The van der Waals surface area contributed by atoms with Gasteiger partial charge in [-0.1, -0.05) is 386 Å². The molecule has 0 unspecified atom stereocenters. The Hall–Kier alpha value is -11.8. The van der Waals surface area contributed by atoms with E-state index in [1.54, 1.807) is 0 Å². The average Bonchev–Trinajstić information content (AvgIpc) is 0.839. The van der Waals surface area contributed by atoms with E-state index in [0.29, 0.717) is 0 Å². The molecule has 3 heterocycles. The van der Waals surface area contributed by atoms with Crippen molar-refractivity contribution in [2.45, 2.75) is 105 Å². The third-order valence-electron chi connectivity index (χ3n) is 24.2. The van der Waals surface area contributed by atoms with Gasteiger partial charge < -0.3 is 14.4 Å². The van der Waals surface area contributed by atoms with Crippen LogP contribution in [0, 0.1) is 0 Å². The van der Waals surface area contributed by atoms with Crippen molar-refractivity contribution in [3.63, 3.8) is 0 Å². The largest absolute Gasteiger partial charge is 0.311 e. The van der Waals surface area contributed by atoms with Gasteiger partial charge in [0.25, 0.3) is 6.71 Å². The molecule has 112 heavy (non-hydrogen) atoms. The number of hydrogen-bond donors (Lipinski definition) is 0. The van der Waals surface area contributed by atoms with Crippen molar-refractivity contribution in [2.24, 2.45) is 0 Å². The molecule has 18 rings (SSSR count). The number of rotatable bonds is 13. The maximum atomic E-state index is 2.69. The fourth-order valence-electron chi connectivity index (χ4n) is 18.4. The Bertz CT molecular complexity index is 5900.